The maximum Gasteiger partial charge on any atom is 0.339 e. The highest BCUT2D eigenvalue weighted by Crippen LogP contribution is 2.40. The van der Waals surface area contributed by atoms with Crippen molar-refractivity contribution in [3.05, 3.63) is 22.5 Å². The third-order valence-corrected chi connectivity index (χ3v) is 2.65. The van der Waals surface area contributed by atoms with Gasteiger partial charge in [-0.25, -0.2) is 9.18 Å². The summed E-state index contributed by atoms with van der Waals surface area (Å²) in [7, 11) is 2.48. The van der Waals surface area contributed by atoms with Crippen LogP contribution in [0.2, 0.25) is 5.02 Å². The number of hydrogen-bond acceptors (Lipinski definition) is 5. The van der Waals surface area contributed by atoms with Gasteiger partial charge < -0.3 is 19.3 Å². The normalized spacial score (nSPS) is 11.9. The second kappa shape index (κ2) is 6.58. The summed E-state index contributed by atoms with van der Waals surface area (Å²) in [6.07, 6.45) is -1.64. The molecular formula is C12H14ClFO5. The van der Waals surface area contributed by atoms with Gasteiger partial charge in [-0.05, 0) is 13.0 Å². The lowest BCUT2D eigenvalue weighted by Crippen LogP contribution is -2.16. The van der Waals surface area contributed by atoms with E-state index in [1.165, 1.54) is 14.2 Å². The van der Waals surface area contributed by atoms with Crippen LogP contribution >= 0.6 is 11.6 Å². The lowest BCUT2D eigenvalue weighted by molar-refractivity contribution is -0.153. The third kappa shape index (κ3) is 3.08. The zero-order chi connectivity index (χ0) is 14.6. The molecule has 0 saturated heterocycles. The van der Waals surface area contributed by atoms with Gasteiger partial charge in [0.2, 0.25) is 0 Å². The van der Waals surface area contributed by atoms with Crippen LogP contribution < -0.4 is 9.47 Å². The van der Waals surface area contributed by atoms with Crippen LogP contribution in [0.1, 0.15) is 18.6 Å². The molecule has 1 rings (SSSR count). The van der Waals surface area contributed by atoms with Gasteiger partial charge in [-0.15, -0.1) is 0 Å². The Morgan fingerprint density at radius 2 is 2.00 bits per heavy atom. The molecule has 0 amide bonds. The van der Waals surface area contributed by atoms with Crippen LogP contribution in [0.5, 0.6) is 11.5 Å². The molecule has 0 spiro atoms. The molecule has 19 heavy (non-hydrogen) atoms. The van der Waals surface area contributed by atoms with Crippen molar-refractivity contribution in [3.63, 3.8) is 0 Å². The van der Waals surface area contributed by atoms with E-state index >= 15 is 0 Å². The van der Waals surface area contributed by atoms with Crippen LogP contribution in [0.4, 0.5) is 4.39 Å². The van der Waals surface area contributed by atoms with E-state index in [4.69, 9.17) is 21.1 Å². The van der Waals surface area contributed by atoms with E-state index in [1.54, 1.807) is 6.92 Å². The lowest BCUT2D eigenvalue weighted by atomic mass is 10.1. The minimum absolute atomic E-state index is 0.0239. The minimum Gasteiger partial charge on any atom is -0.492 e. The van der Waals surface area contributed by atoms with Gasteiger partial charge >= 0.3 is 5.97 Å². The second-order valence-electron chi connectivity index (χ2n) is 3.48. The van der Waals surface area contributed by atoms with Crippen LogP contribution in [0.3, 0.4) is 0 Å². The van der Waals surface area contributed by atoms with Crippen molar-refractivity contribution >= 4 is 17.6 Å². The largest absolute Gasteiger partial charge is 0.492 e. The molecule has 0 aromatic heterocycles. The maximum atomic E-state index is 13.7. The quantitative estimate of drug-likeness (QED) is 0.842. The van der Waals surface area contributed by atoms with Crippen molar-refractivity contribution in [2.45, 2.75) is 13.0 Å². The third-order valence-electron chi connectivity index (χ3n) is 2.37. The molecule has 1 N–H and O–H groups in total. The summed E-state index contributed by atoms with van der Waals surface area (Å²) >= 11 is 5.68. The monoisotopic (exact) mass is 292 g/mol. The number of esters is 1. The Hall–Kier alpha value is -1.53. The fourth-order valence-corrected chi connectivity index (χ4v) is 1.75. The summed E-state index contributed by atoms with van der Waals surface area (Å²) in [6.45, 7) is 1.70. The van der Waals surface area contributed by atoms with Gasteiger partial charge in [-0.1, -0.05) is 11.6 Å². The number of aliphatic hydroxyl groups excluding tert-OH is 1. The molecule has 1 atom stereocenters. The number of carbonyl (C=O) groups excluding carboxylic acids is 1. The minimum atomic E-state index is -1.64. The molecule has 0 bridgehead atoms. The van der Waals surface area contributed by atoms with Crippen LogP contribution in [-0.2, 0) is 9.53 Å². The molecular weight excluding hydrogens is 279 g/mol. The molecule has 0 heterocycles. The van der Waals surface area contributed by atoms with Gasteiger partial charge in [-0.3, -0.25) is 0 Å². The molecule has 1 aromatic carbocycles. The van der Waals surface area contributed by atoms with E-state index in [2.05, 4.69) is 4.74 Å². The Balaban J connectivity index is 3.34. The first-order chi connectivity index (χ1) is 8.97. The molecule has 5 nitrogen and oxygen atoms in total. The zero-order valence-electron chi connectivity index (χ0n) is 10.7. The Morgan fingerprint density at radius 1 is 1.42 bits per heavy atom. The number of aliphatic hydroxyl groups is 1. The summed E-state index contributed by atoms with van der Waals surface area (Å²) in [5.41, 5.74) is -0.0239. The molecule has 0 radical (unpaired) electrons. The highest BCUT2D eigenvalue weighted by atomic mass is 35.5. The number of hydrogen-bond donors (Lipinski definition) is 1. The van der Waals surface area contributed by atoms with Gasteiger partial charge in [0.05, 0.1) is 25.8 Å². The lowest BCUT2D eigenvalue weighted by Gasteiger charge is -2.17. The SMILES string of the molecule is CCOC(=O)C(O)c1cc(Cl)c(F)c(OC)c1OC. The average molecular weight is 293 g/mol. The molecule has 7 heteroatoms. The highest BCUT2D eigenvalue weighted by molar-refractivity contribution is 6.31. The van der Waals surface area contributed by atoms with Gasteiger partial charge in [0.1, 0.15) is 0 Å². The zero-order valence-corrected chi connectivity index (χ0v) is 11.5. The van der Waals surface area contributed by atoms with Gasteiger partial charge in [-0.2, -0.15) is 0 Å². The predicted molar refractivity (Wildman–Crippen MR) is 66.1 cm³/mol. The summed E-state index contributed by atoms with van der Waals surface area (Å²) in [6, 6.07) is 1.10. The Morgan fingerprint density at radius 3 is 2.47 bits per heavy atom. The summed E-state index contributed by atoms with van der Waals surface area (Å²) in [5, 5.41) is 9.58. The van der Waals surface area contributed by atoms with Crippen molar-refractivity contribution in [1.29, 1.82) is 0 Å². The van der Waals surface area contributed by atoms with Crippen molar-refractivity contribution in [2.24, 2.45) is 0 Å². The fraction of sp³-hybridized carbons (Fsp3) is 0.417. The van der Waals surface area contributed by atoms with Crippen molar-refractivity contribution < 1.29 is 28.5 Å². The molecule has 1 aromatic rings. The van der Waals surface area contributed by atoms with Gasteiger partial charge in [0.25, 0.3) is 0 Å². The molecule has 0 aliphatic heterocycles. The number of halogens is 2. The Labute approximate surface area is 114 Å². The molecule has 1 unspecified atom stereocenters. The number of methoxy groups -OCH3 is 2. The van der Waals surface area contributed by atoms with Gasteiger partial charge in [0, 0.05) is 5.56 Å². The number of rotatable bonds is 5. The summed E-state index contributed by atoms with van der Waals surface area (Å²) in [5.74, 6) is -2.11. The van der Waals surface area contributed by atoms with E-state index in [0.717, 1.165) is 6.07 Å². The first kappa shape index (κ1) is 15.5. The summed E-state index contributed by atoms with van der Waals surface area (Å²) in [4.78, 5) is 11.5. The standard InChI is InChI=1S/C12H14ClFO5/c1-4-19-12(16)9(15)6-5-7(13)8(14)11(18-3)10(6)17-2/h5,9,15H,4H2,1-3H3. The fourth-order valence-electron chi connectivity index (χ4n) is 1.55. The van der Waals surface area contributed by atoms with Crippen LogP contribution in [0.15, 0.2) is 6.07 Å². The Kier molecular flexibility index (Phi) is 5.38. The molecule has 0 fully saturated rings. The van der Waals surface area contributed by atoms with Crippen molar-refractivity contribution in [3.8, 4) is 11.5 Å². The van der Waals surface area contributed by atoms with E-state index in [1.807, 2.05) is 0 Å². The van der Waals surface area contributed by atoms with Crippen LogP contribution in [-0.4, -0.2) is 31.9 Å². The predicted octanol–water partition coefficient (Wildman–Crippen LogP) is 2.09. The number of carbonyl (C=O) groups is 1. The molecule has 0 aliphatic rings. The first-order valence-corrected chi connectivity index (χ1v) is 5.80. The second-order valence-corrected chi connectivity index (χ2v) is 3.89. The average Bonchev–Trinajstić information content (AvgIpc) is 2.40. The van der Waals surface area contributed by atoms with Crippen molar-refractivity contribution in [1.82, 2.24) is 0 Å². The Bertz CT molecular complexity index is 478. The number of benzene rings is 1. The first-order valence-electron chi connectivity index (χ1n) is 5.42. The van der Waals surface area contributed by atoms with E-state index in [-0.39, 0.29) is 28.7 Å². The van der Waals surface area contributed by atoms with Gasteiger partial charge in [0.15, 0.2) is 23.4 Å². The summed E-state index contributed by atoms with van der Waals surface area (Å²) < 4.78 is 28.2. The van der Waals surface area contributed by atoms with E-state index in [0.29, 0.717) is 0 Å². The molecule has 106 valence electrons. The topological polar surface area (TPSA) is 65.0 Å². The van der Waals surface area contributed by atoms with E-state index < -0.39 is 17.9 Å². The molecule has 0 saturated carbocycles. The van der Waals surface area contributed by atoms with Crippen LogP contribution in [0.25, 0.3) is 0 Å². The van der Waals surface area contributed by atoms with E-state index in [9.17, 15) is 14.3 Å². The number of ether oxygens (including phenoxy) is 3. The van der Waals surface area contributed by atoms with Crippen LogP contribution in [0, 0.1) is 5.82 Å². The van der Waals surface area contributed by atoms with Crippen molar-refractivity contribution in [2.75, 3.05) is 20.8 Å². The highest BCUT2D eigenvalue weighted by Gasteiger charge is 2.28. The maximum absolute atomic E-state index is 13.7. The molecule has 0 aliphatic carbocycles. The smallest absolute Gasteiger partial charge is 0.339 e.